The van der Waals surface area contributed by atoms with E-state index in [0.717, 1.165) is 0 Å². The number of hydrogen-bond acceptors (Lipinski definition) is 5. The Morgan fingerprint density at radius 1 is 1.18 bits per heavy atom. The van der Waals surface area contributed by atoms with Crippen LogP contribution in [0.15, 0.2) is 47.6 Å². The van der Waals surface area contributed by atoms with Gasteiger partial charge >= 0.3 is 5.97 Å². The summed E-state index contributed by atoms with van der Waals surface area (Å²) in [6.07, 6.45) is 0. The molecule has 5 nitrogen and oxygen atoms in total. The van der Waals surface area contributed by atoms with Crippen molar-refractivity contribution in [2.24, 2.45) is 5.16 Å². The molecule has 0 aliphatic heterocycles. The molecule has 114 valence electrons. The molecular weight excluding hydrogens is 306 g/mol. The molecule has 0 radical (unpaired) electrons. The standard InChI is InChI=1S/C16H14ClNO4/c1-10(19)22-18-16(11-3-5-12(17)6-4-11)14-8-7-13(21-2)9-15(14)20/h3-9,20H,1-2H3/b18-16+. The Labute approximate surface area is 132 Å². The third-order valence-electron chi connectivity index (χ3n) is 2.84. The zero-order valence-corrected chi connectivity index (χ0v) is 12.8. The van der Waals surface area contributed by atoms with E-state index in [9.17, 15) is 9.90 Å². The van der Waals surface area contributed by atoms with Crippen molar-refractivity contribution >= 4 is 23.3 Å². The predicted octanol–water partition coefficient (Wildman–Crippen LogP) is 3.37. The van der Waals surface area contributed by atoms with Gasteiger partial charge in [-0.15, -0.1) is 0 Å². The number of rotatable bonds is 4. The van der Waals surface area contributed by atoms with E-state index in [1.54, 1.807) is 36.4 Å². The van der Waals surface area contributed by atoms with Crippen LogP contribution in [0.4, 0.5) is 0 Å². The number of carbonyl (C=O) groups is 1. The van der Waals surface area contributed by atoms with Gasteiger partial charge in [-0.3, -0.25) is 0 Å². The number of oxime groups is 1. The first-order valence-corrected chi connectivity index (χ1v) is 6.78. The summed E-state index contributed by atoms with van der Waals surface area (Å²) in [6.45, 7) is 1.25. The molecule has 0 spiro atoms. The minimum absolute atomic E-state index is 0.0415. The molecule has 2 rings (SSSR count). The van der Waals surface area contributed by atoms with E-state index >= 15 is 0 Å². The van der Waals surface area contributed by atoms with E-state index in [2.05, 4.69) is 5.16 Å². The van der Waals surface area contributed by atoms with E-state index < -0.39 is 5.97 Å². The van der Waals surface area contributed by atoms with Gasteiger partial charge in [-0.05, 0) is 24.3 Å². The molecule has 22 heavy (non-hydrogen) atoms. The van der Waals surface area contributed by atoms with E-state index in [-0.39, 0.29) is 5.75 Å². The summed E-state index contributed by atoms with van der Waals surface area (Å²) in [4.78, 5) is 15.7. The van der Waals surface area contributed by atoms with Crippen molar-refractivity contribution in [3.05, 3.63) is 58.6 Å². The maximum Gasteiger partial charge on any atom is 0.332 e. The van der Waals surface area contributed by atoms with Gasteiger partial charge in [0.25, 0.3) is 0 Å². The summed E-state index contributed by atoms with van der Waals surface area (Å²) in [6, 6.07) is 11.6. The zero-order valence-electron chi connectivity index (χ0n) is 12.0. The molecule has 0 aromatic heterocycles. The smallest absolute Gasteiger partial charge is 0.332 e. The number of carbonyl (C=O) groups excluding carboxylic acids is 1. The van der Waals surface area contributed by atoms with Gasteiger partial charge in [0.15, 0.2) is 0 Å². The number of phenols is 1. The van der Waals surface area contributed by atoms with Crippen LogP contribution >= 0.6 is 11.6 Å². The highest BCUT2D eigenvalue weighted by Crippen LogP contribution is 2.26. The SMILES string of the molecule is COc1ccc(/C(=N/OC(C)=O)c2ccc(Cl)cc2)c(O)c1. The highest BCUT2D eigenvalue weighted by Gasteiger charge is 2.14. The topological polar surface area (TPSA) is 68.1 Å². The number of ether oxygens (including phenoxy) is 1. The van der Waals surface area contributed by atoms with Crippen molar-refractivity contribution in [1.29, 1.82) is 0 Å². The first-order valence-electron chi connectivity index (χ1n) is 6.40. The number of nitrogens with zero attached hydrogens (tertiary/aromatic N) is 1. The monoisotopic (exact) mass is 319 g/mol. The average molecular weight is 320 g/mol. The van der Waals surface area contributed by atoms with Gasteiger partial charge in [-0.1, -0.05) is 28.9 Å². The van der Waals surface area contributed by atoms with Gasteiger partial charge in [-0.2, -0.15) is 0 Å². The lowest BCUT2D eigenvalue weighted by atomic mass is 10.0. The number of phenolic OH excluding ortho intramolecular Hbond substituents is 1. The Kier molecular flexibility index (Phi) is 5.01. The quantitative estimate of drug-likeness (QED) is 0.533. The van der Waals surface area contributed by atoms with Gasteiger partial charge in [-0.25, -0.2) is 4.79 Å². The van der Waals surface area contributed by atoms with Crippen LogP contribution in [0.1, 0.15) is 18.1 Å². The molecule has 0 amide bonds. The summed E-state index contributed by atoms with van der Waals surface area (Å²) >= 11 is 5.87. The lowest BCUT2D eigenvalue weighted by molar-refractivity contribution is -0.140. The van der Waals surface area contributed by atoms with E-state index in [4.69, 9.17) is 21.2 Å². The van der Waals surface area contributed by atoms with Gasteiger partial charge in [0, 0.05) is 29.1 Å². The second kappa shape index (κ2) is 6.95. The molecule has 0 saturated heterocycles. The van der Waals surface area contributed by atoms with E-state index in [0.29, 0.717) is 27.6 Å². The minimum Gasteiger partial charge on any atom is -0.507 e. The number of hydrogen-bond donors (Lipinski definition) is 1. The fourth-order valence-electron chi connectivity index (χ4n) is 1.81. The van der Waals surface area contributed by atoms with Crippen LogP contribution < -0.4 is 4.74 Å². The van der Waals surface area contributed by atoms with Crippen LogP contribution in [0.3, 0.4) is 0 Å². The molecule has 0 fully saturated rings. The highest BCUT2D eigenvalue weighted by atomic mass is 35.5. The summed E-state index contributed by atoms with van der Waals surface area (Å²) < 4.78 is 5.05. The van der Waals surface area contributed by atoms with Crippen LogP contribution in [0.2, 0.25) is 5.02 Å². The van der Waals surface area contributed by atoms with Crippen molar-refractivity contribution < 1.29 is 19.5 Å². The van der Waals surface area contributed by atoms with Gasteiger partial charge < -0.3 is 14.7 Å². The lowest BCUT2D eigenvalue weighted by Gasteiger charge is -2.10. The summed E-state index contributed by atoms with van der Waals surface area (Å²) in [5.74, 6) is -0.0936. The fourth-order valence-corrected chi connectivity index (χ4v) is 1.94. The number of aromatic hydroxyl groups is 1. The second-order valence-electron chi connectivity index (χ2n) is 4.41. The molecule has 1 N–H and O–H groups in total. The Balaban J connectivity index is 2.51. The van der Waals surface area contributed by atoms with Crippen LogP contribution in [0, 0.1) is 0 Å². The maximum absolute atomic E-state index is 11.0. The van der Waals surface area contributed by atoms with E-state index in [1.807, 2.05) is 0 Å². The number of benzene rings is 2. The molecule has 0 saturated carbocycles. The molecule has 0 bridgehead atoms. The lowest BCUT2D eigenvalue weighted by Crippen LogP contribution is -2.06. The van der Waals surface area contributed by atoms with Gasteiger partial charge in [0.05, 0.1) is 7.11 Å². The summed E-state index contributed by atoms with van der Waals surface area (Å²) in [5, 5.41) is 14.5. The van der Waals surface area contributed by atoms with Gasteiger partial charge in [0.2, 0.25) is 0 Å². The summed E-state index contributed by atoms with van der Waals surface area (Å²) in [5.41, 5.74) is 1.36. The molecule has 0 heterocycles. The minimum atomic E-state index is -0.556. The Morgan fingerprint density at radius 2 is 1.86 bits per heavy atom. The van der Waals surface area contributed by atoms with Crippen LogP contribution in [0.25, 0.3) is 0 Å². The van der Waals surface area contributed by atoms with E-state index in [1.165, 1.54) is 20.1 Å². The Bertz CT molecular complexity index is 711. The number of halogens is 1. The highest BCUT2D eigenvalue weighted by molar-refractivity contribution is 6.30. The predicted molar refractivity (Wildman–Crippen MR) is 83.5 cm³/mol. The van der Waals surface area contributed by atoms with Crippen LogP contribution in [0.5, 0.6) is 11.5 Å². The molecule has 0 unspecified atom stereocenters. The Morgan fingerprint density at radius 3 is 2.41 bits per heavy atom. The molecule has 6 heteroatoms. The maximum atomic E-state index is 11.0. The molecule has 2 aromatic carbocycles. The Hall–Kier alpha value is -2.53. The first-order chi connectivity index (χ1) is 10.5. The van der Waals surface area contributed by atoms with Crippen molar-refractivity contribution in [2.75, 3.05) is 7.11 Å². The van der Waals surface area contributed by atoms with Crippen molar-refractivity contribution in [2.45, 2.75) is 6.92 Å². The van der Waals surface area contributed by atoms with Crippen LogP contribution in [-0.4, -0.2) is 23.9 Å². The van der Waals surface area contributed by atoms with Crippen molar-refractivity contribution in [3.8, 4) is 11.5 Å². The normalized spacial score (nSPS) is 11.1. The van der Waals surface area contributed by atoms with Crippen LogP contribution in [-0.2, 0) is 9.63 Å². The molecule has 0 atom stereocenters. The average Bonchev–Trinajstić information content (AvgIpc) is 2.50. The third-order valence-corrected chi connectivity index (χ3v) is 3.10. The zero-order chi connectivity index (χ0) is 16.1. The fraction of sp³-hybridized carbons (Fsp3) is 0.125. The first kappa shape index (κ1) is 15.9. The molecular formula is C16H14ClNO4. The van der Waals surface area contributed by atoms with Crippen molar-refractivity contribution in [1.82, 2.24) is 0 Å². The largest absolute Gasteiger partial charge is 0.507 e. The van der Waals surface area contributed by atoms with Crippen molar-refractivity contribution in [3.63, 3.8) is 0 Å². The van der Waals surface area contributed by atoms with Gasteiger partial charge in [0.1, 0.15) is 17.2 Å². The molecule has 0 aliphatic rings. The molecule has 2 aromatic rings. The summed E-state index contributed by atoms with van der Waals surface area (Å²) in [7, 11) is 1.50. The number of methoxy groups -OCH3 is 1. The third kappa shape index (κ3) is 3.77. The second-order valence-corrected chi connectivity index (χ2v) is 4.85. The molecule has 0 aliphatic carbocycles.